The highest BCUT2D eigenvalue weighted by Gasteiger charge is 2.21. The molecule has 0 spiro atoms. The van der Waals surface area contributed by atoms with E-state index in [9.17, 15) is 15.6 Å². The molecule has 0 unspecified atom stereocenters. The number of nitrogens with zero attached hydrogens (tertiary/aromatic N) is 3. The van der Waals surface area contributed by atoms with Crippen molar-refractivity contribution >= 4 is 11.6 Å². The maximum Gasteiger partial charge on any atom is 0.161 e. The lowest BCUT2D eigenvalue weighted by Gasteiger charge is -2.28. The Kier molecular flexibility index (Phi) is 10.3. The molecule has 0 atom stereocenters. The van der Waals surface area contributed by atoms with Gasteiger partial charge in [0.15, 0.2) is 11.5 Å². The van der Waals surface area contributed by atoms with Crippen molar-refractivity contribution in [2.75, 3.05) is 26.3 Å². The number of aliphatic hydroxyl groups is 1. The summed E-state index contributed by atoms with van der Waals surface area (Å²) in [4.78, 5) is 1.84. The van der Waals surface area contributed by atoms with Gasteiger partial charge in [0.25, 0.3) is 0 Å². The number of benzene rings is 4. The molecule has 9 heteroatoms. The standard InChI is InChI=1S/C37H36ClN3O5/c1-25-29(8-5-9-31(25)28-10-11-33-36(18-28)44-15-14-43-33)23-46-35-19-34(45-22-27-7-4-6-26(16-27)20-40)30(17-32(35)38)21-41(13-12-39)24-37(2,3)42/h4-11,16-19,42H,13-15,21-24H2,1-3H3. The van der Waals surface area contributed by atoms with Crippen molar-refractivity contribution < 1.29 is 24.1 Å². The predicted octanol–water partition coefficient (Wildman–Crippen LogP) is 7.21. The predicted molar refractivity (Wildman–Crippen MR) is 176 cm³/mol. The molecule has 1 aliphatic heterocycles. The van der Waals surface area contributed by atoms with Gasteiger partial charge in [-0.05, 0) is 78.9 Å². The van der Waals surface area contributed by atoms with E-state index >= 15 is 0 Å². The number of hydrogen-bond acceptors (Lipinski definition) is 8. The van der Waals surface area contributed by atoms with Crippen molar-refractivity contribution in [2.45, 2.75) is 46.1 Å². The monoisotopic (exact) mass is 637 g/mol. The topological polar surface area (TPSA) is 108 Å². The average molecular weight is 638 g/mol. The average Bonchev–Trinajstić information content (AvgIpc) is 3.03. The van der Waals surface area contributed by atoms with Crippen LogP contribution in [0.5, 0.6) is 23.0 Å². The molecule has 0 aromatic heterocycles. The Labute approximate surface area is 274 Å². The Morgan fingerprint density at radius 1 is 0.891 bits per heavy atom. The summed E-state index contributed by atoms with van der Waals surface area (Å²) in [5.74, 6) is 2.46. The number of fused-ring (bicyclic) bond motifs is 1. The van der Waals surface area contributed by atoms with E-state index in [4.69, 9.17) is 30.5 Å². The second kappa shape index (κ2) is 14.6. The fourth-order valence-corrected chi connectivity index (χ4v) is 5.65. The molecule has 4 aromatic rings. The minimum Gasteiger partial charge on any atom is -0.488 e. The first-order chi connectivity index (χ1) is 22.1. The van der Waals surface area contributed by atoms with Gasteiger partial charge < -0.3 is 24.1 Å². The summed E-state index contributed by atoms with van der Waals surface area (Å²) in [6.07, 6.45) is 0. The summed E-state index contributed by atoms with van der Waals surface area (Å²) >= 11 is 6.78. The fourth-order valence-electron chi connectivity index (χ4n) is 5.41. The first-order valence-corrected chi connectivity index (χ1v) is 15.4. The number of nitriles is 2. The van der Waals surface area contributed by atoms with Gasteiger partial charge >= 0.3 is 0 Å². The SMILES string of the molecule is Cc1c(COc2cc(OCc3cccc(C#N)c3)c(CN(CC#N)CC(C)(C)O)cc2Cl)cccc1-c1ccc2c(c1)OCCO2. The largest absolute Gasteiger partial charge is 0.488 e. The van der Waals surface area contributed by atoms with Gasteiger partial charge in [-0.3, -0.25) is 4.90 Å². The van der Waals surface area contributed by atoms with E-state index in [0.717, 1.165) is 44.9 Å². The van der Waals surface area contributed by atoms with Crippen molar-refractivity contribution in [3.63, 3.8) is 0 Å². The summed E-state index contributed by atoms with van der Waals surface area (Å²) < 4.78 is 24.1. The lowest BCUT2D eigenvalue weighted by Crippen LogP contribution is -2.38. The second-order valence-corrected chi connectivity index (χ2v) is 12.3. The molecule has 0 saturated carbocycles. The molecule has 0 fully saturated rings. The third-order valence-corrected chi connectivity index (χ3v) is 7.84. The molecule has 0 radical (unpaired) electrons. The van der Waals surface area contributed by atoms with Crippen LogP contribution in [-0.4, -0.2) is 41.9 Å². The summed E-state index contributed by atoms with van der Waals surface area (Å²) in [5.41, 5.74) is 5.26. The first-order valence-electron chi connectivity index (χ1n) is 15.0. The molecule has 236 valence electrons. The molecule has 5 rings (SSSR count). The summed E-state index contributed by atoms with van der Waals surface area (Å²) in [6.45, 7) is 7.72. The Morgan fingerprint density at radius 2 is 1.65 bits per heavy atom. The third-order valence-electron chi connectivity index (χ3n) is 7.55. The van der Waals surface area contributed by atoms with Gasteiger partial charge in [0.1, 0.15) is 37.9 Å². The van der Waals surface area contributed by atoms with Crippen LogP contribution in [0.1, 0.15) is 41.7 Å². The molecule has 1 aliphatic rings. The molecule has 4 aromatic carbocycles. The molecule has 1 heterocycles. The number of hydrogen-bond donors (Lipinski definition) is 1. The molecule has 0 aliphatic carbocycles. The van der Waals surface area contributed by atoms with Crippen LogP contribution in [0.4, 0.5) is 0 Å². The van der Waals surface area contributed by atoms with E-state index in [1.807, 2.05) is 47.4 Å². The molecular weight excluding hydrogens is 602 g/mol. The van der Waals surface area contributed by atoms with Crippen molar-refractivity contribution in [3.8, 4) is 46.3 Å². The van der Waals surface area contributed by atoms with Gasteiger partial charge in [0.2, 0.25) is 0 Å². The van der Waals surface area contributed by atoms with Gasteiger partial charge in [0.05, 0.1) is 34.9 Å². The highest BCUT2D eigenvalue weighted by Crippen LogP contribution is 2.38. The summed E-state index contributed by atoms with van der Waals surface area (Å²) in [5, 5.41) is 29.6. The fraction of sp³-hybridized carbons (Fsp3) is 0.297. The van der Waals surface area contributed by atoms with Gasteiger partial charge in [-0.1, -0.05) is 48.0 Å². The van der Waals surface area contributed by atoms with Crippen LogP contribution in [0.25, 0.3) is 11.1 Å². The quantitative estimate of drug-likeness (QED) is 0.162. The van der Waals surface area contributed by atoms with Crippen LogP contribution in [0.15, 0.2) is 72.8 Å². The lowest BCUT2D eigenvalue weighted by molar-refractivity contribution is 0.0377. The van der Waals surface area contributed by atoms with E-state index in [2.05, 4.69) is 25.1 Å². The van der Waals surface area contributed by atoms with Crippen LogP contribution >= 0.6 is 11.6 Å². The molecule has 46 heavy (non-hydrogen) atoms. The normalized spacial score (nSPS) is 12.3. The summed E-state index contributed by atoms with van der Waals surface area (Å²) in [6, 6.07) is 27.2. The van der Waals surface area contributed by atoms with E-state index in [1.54, 1.807) is 38.1 Å². The number of rotatable bonds is 12. The van der Waals surface area contributed by atoms with Gasteiger partial charge in [0, 0.05) is 24.7 Å². The maximum atomic E-state index is 10.4. The van der Waals surface area contributed by atoms with Crippen LogP contribution in [0, 0.1) is 29.6 Å². The van der Waals surface area contributed by atoms with Crippen LogP contribution in [0.3, 0.4) is 0 Å². The van der Waals surface area contributed by atoms with Gasteiger partial charge in [-0.2, -0.15) is 10.5 Å². The Balaban J connectivity index is 1.40. The minimum absolute atomic E-state index is 0.114. The number of ether oxygens (including phenoxy) is 4. The van der Waals surface area contributed by atoms with Crippen molar-refractivity contribution in [1.82, 2.24) is 4.90 Å². The van der Waals surface area contributed by atoms with Crippen molar-refractivity contribution in [3.05, 3.63) is 106 Å². The van der Waals surface area contributed by atoms with E-state index in [0.29, 0.717) is 41.8 Å². The molecule has 0 bridgehead atoms. The Bertz CT molecular complexity index is 1790. The third kappa shape index (κ3) is 8.29. The Morgan fingerprint density at radius 3 is 2.41 bits per heavy atom. The maximum absolute atomic E-state index is 10.4. The first kappa shape index (κ1) is 32.7. The zero-order chi connectivity index (χ0) is 32.7. The van der Waals surface area contributed by atoms with E-state index in [-0.39, 0.29) is 26.3 Å². The van der Waals surface area contributed by atoms with Crippen LogP contribution in [0.2, 0.25) is 5.02 Å². The summed E-state index contributed by atoms with van der Waals surface area (Å²) in [7, 11) is 0. The molecule has 0 saturated heterocycles. The van der Waals surface area contributed by atoms with Crippen molar-refractivity contribution in [1.29, 1.82) is 10.5 Å². The molecular formula is C37H36ClN3O5. The van der Waals surface area contributed by atoms with E-state index < -0.39 is 5.60 Å². The Hall–Kier alpha value is -4.73. The lowest BCUT2D eigenvalue weighted by atomic mass is 9.96. The van der Waals surface area contributed by atoms with E-state index in [1.165, 1.54) is 0 Å². The molecule has 0 amide bonds. The number of halogens is 1. The zero-order valence-corrected chi connectivity index (χ0v) is 26.9. The van der Waals surface area contributed by atoms with Crippen molar-refractivity contribution in [2.24, 2.45) is 0 Å². The highest BCUT2D eigenvalue weighted by atomic mass is 35.5. The zero-order valence-electron chi connectivity index (χ0n) is 26.2. The van der Waals surface area contributed by atoms with Gasteiger partial charge in [-0.15, -0.1) is 0 Å². The van der Waals surface area contributed by atoms with Gasteiger partial charge in [-0.25, -0.2) is 0 Å². The minimum atomic E-state index is -1.01. The molecule has 8 nitrogen and oxygen atoms in total. The van der Waals surface area contributed by atoms with Crippen LogP contribution in [-0.2, 0) is 19.8 Å². The molecule has 1 N–H and O–H groups in total. The van der Waals surface area contributed by atoms with Crippen LogP contribution < -0.4 is 18.9 Å². The highest BCUT2D eigenvalue weighted by molar-refractivity contribution is 6.32. The second-order valence-electron chi connectivity index (χ2n) is 11.8. The smallest absolute Gasteiger partial charge is 0.161 e.